The average molecular weight is 555 g/mol. The van der Waals surface area contributed by atoms with Crippen LogP contribution in [0.5, 0.6) is 11.5 Å². The first-order chi connectivity index (χ1) is 12.5. The predicted molar refractivity (Wildman–Crippen MR) is 121 cm³/mol. The molecular weight excluding hydrogens is 527 g/mol. The third kappa shape index (κ3) is 6.41. The molecule has 0 aromatic heterocycles. The summed E-state index contributed by atoms with van der Waals surface area (Å²) >= 11 is 3.56. The number of nitrogens with zero attached hydrogens (tertiary/aromatic N) is 2. The van der Waals surface area contributed by atoms with E-state index in [0.717, 1.165) is 23.0 Å². The molecule has 1 aliphatic heterocycles. The van der Waals surface area contributed by atoms with E-state index in [4.69, 9.17) is 9.47 Å². The number of guanidine groups is 1. The molecule has 2 rings (SSSR count). The number of nitrogens with one attached hydrogen (secondary N) is 2. The Morgan fingerprint density at radius 1 is 1.33 bits per heavy atom. The van der Waals surface area contributed by atoms with Crippen LogP contribution in [0, 0.1) is 0 Å². The Morgan fingerprint density at radius 3 is 2.59 bits per heavy atom. The molecule has 1 heterocycles. The van der Waals surface area contributed by atoms with Crippen LogP contribution in [0.25, 0.3) is 0 Å². The second-order valence-electron chi connectivity index (χ2n) is 6.05. The molecule has 0 bridgehead atoms. The van der Waals surface area contributed by atoms with Gasteiger partial charge in [0.25, 0.3) is 0 Å². The quantitative estimate of drug-likeness (QED) is 0.321. The van der Waals surface area contributed by atoms with Crippen molar-refractivity contribution >= 4 is 51.8 Å². The summed E-state index contributed by atoms with van der Waals surface area (Å²) in [5.74, 6) is 2.27. The Morgan fingerprint density at radius 2 is 2.00 bits per heavy atom. The van der Waals surface area contributed by atoms with E-state index in [2.05, 4.69) is 31.6 Å². The summed E-state index contributed by atoms with van der Waals surface area (Å²) < 4.78 is 11.6. The molecule has 152 valence electrons. The Balaban J connectivity index is 0.00000364. The minimum Gasteiger partial charge on any atom is -0.493 e. The third-order valence-corrected chi connectivity index (χ3v) is 5.14. The lowest BCUT2D eigenvalue weighted by Crippen LogP contribution is -2.44. The standard InChI is InChI=1S/C18H27BrN4O3.HI/c1-5-17(24)23-7-6-13(11-23)22-18(20-2)21-10-12-8-15(25-3)16(26-4)9-14(12)19;/h8-9,13H,5-7,10-11H2,1-4H3,(H2,20,21,22);1H. The van der Waals surface area contributed by atoms with E-state index in [-0.39, 0.29) is 35.9 Å². The van der Waals surface area contributed by atoms with Gasteiger partial charge in [0, 0.05) is 43.6 Å². The van der Waals surface area contributed by atoms with Crippen LogP contribution >= 0.6 is 39.9 Å². The molecule has 0 radical (unpaired) electrons. The number of benzene rings is 1. The van der Waals surface area contributed by atoms with Crippen LogP contribution in [0.15, 0.2) is 21.6 Å². The van der Waals surface area contributed by atoms with Gasteiger partial charge in [-0.2, -0.15) is 0 Å². The van der Waals surface area contributed by atoms with Gasteiger partial charge in [0.05, 0.1) is 14.2 Å². The molecule has 1 fully saturated rings. The summed E-state index contributed by atoms with van der Waals surface area (Å²) in [4.78, 5) is 18.0. The van der Waals surface area contributed by atoms with Gasteiger partial charge in [-0.05, 0) is 24.1 Å². The molecule has 27 heavy (non-hydrogen) atoms. The normalized spacial score (nSPS) is 16.6. The van der Waals surface area contributed by atoms with Gasteiger partial charge in [-0.1, -0.05) is 22.9 Å². The van der Waals surface area contributed by atoms with Crippen molar-refractivity contribution in [1.82, 2.24) is 15.5 Å². The summed E-state index contributed by atoms with van der Waals surface area (Å²) in [6.45, 7) is 3.98. The van der Waals surface area contributed by atoms with Crippen LogP contribution in [-0.2, 0) is 11.3 Å². The molecule has 0 spiro atoms. The largest absolute Gasteiger partial charge is 0.493 e. The van der Waals surface area contributed by atoms with Crippen LogP contribution in [0.1, 0.15) is 25.3 Å². The first-order valence-electron chi connectivity index (χ1n) is 8.67. The van der Waals surface area contributed by atoms with Crippen molar-refractivity contribution in [2.75, 3.05) is 34.4 Å². The summed E-state index contributed by atoms with van der Waals surface area (Å²) in [7, 11) is 4.97. The second-order valence-corrected chi connectivity index (χ2v) is 6.90. The lowest BCUT2D eigenvalue weighted by atomic mass is 10.2. The number of carbonyl (C=O) groups excluding carboxylic acids is 1. The number of ether oxygens (including phenoxy) is 2. The van der Waals surface area contributed by atoms with Crippen molar-refractivity contribution in [3.05, 3.63) is 22.2 Å². The van der Waals surface area contributed by atoms with E-state index < -0.39 is 0 Å². The number of rotatable bonds is 6. The fourth-order valence-electron chi connectivity index (χ4n) is 2.93. The Bertz CT molecular complexity index is 672. The van der Waals surface area contributed by atoms with Gasteiger partial charge in [0.1, 0.15) is 0 Å². The fourth-order valence-corrected chi connectivity index (χ4v) is 3.39. The number of aliphatic imine (C=N–C) groups is 1. The van der Waals surface area contributed by atoms with E-state index in [0.29, 0.717) is 37.0 Å². The summed E-state index contributed by atoms with van der Waals surface area (Å²) in [6, 6.07) is 4.03. The maximum Gasteiger partial charge on any atom is 0.222 e. The van der Waals surface area contributed by atoms with Crippen LogP contribution in [0.2, 0.25) is 0 Å². The second kappa shape index (κ2) is 11.6. The van der Waals surface area contributed by atoms with Crippen molar-refractivity contribution in [3.63, 3.8) is 0 Å². The van der Waals surface area contributed by atoms with Crippen LogP contribution < -0.4 is 20.1 Å². The number of amides is 1. The molecule has 1 amide bonds. The average Bonchev–Trinajstić information content (AvgIpc) is 3.13. The number of carbonyl (C=O) groups is 1. The highest BCUT2D eigenvalue weighted by Gasteiger charge is 2.25. The van der Waals surface area contributed by atoms with Crippen LogP contribution in [0.3, 0.4) is 0 Å². The lowest BCUT2D eigenvalue weighted by Gasteiger charge is -2.19. The summed E-state index contributed by atoms with van der Waals surface area (Å²) in [6.07, 6.45) is 1.47. The monoisotopic (exact) mass is 554 g/mol. The molecular formula is C18H28BrIN4O3. The van der Waals surface area contributed by atoms with E-state index in [9.17, 15) is 4.79 Å². The molecule has 1 aromatic carbocycles. The molecule has 7 nitrogen and oxygen atoms in total. The van der Waals surface area contributed by atoms with Crippen molar-refractivity contribution in [2.45, 2.75) is 32.4 Å². The van der Waals surface area contributed by atoms with Gasteiger partial charge in [0.15, 0.2) is 17.5 Å². The first-order valence-corrected chi connectivity index (χ1v) is 9.47. The van der Waals surface area contributed by atoms with E-state index in [1.807, 2.05) is 24.0 Å². The molecule has 0 saturated carbocycles. The molecule has 1 unspecified atom stereocenters. The smallest absolute Gasteiger partial charge is 0.222 e. The van der Waals surface area contributed by atoms with Gasteiger partial charge in [-0.15, -0.1) is 24.0 Å². The molecule has 0 aliphatic carbocycles. The number of methoxy groups -OCH3 is 2. The zero-order valence-electron chi connectivity index (χ0n) is 16.2. The van der Waals surface area contributed by atoms with Gasteiger partial charge in [-0.3, -0.25) is 9.79 Å². The number of likely N-dealkylation sites (tertiary alicyclic amines) is 1. The fraction of sp³-hybridized carbons (Fsp3) is 0.556. The van der Waals surface area contributed by atoms with Gasteiger partial charge >= 0.3 is 0 Å². The maximum atomic E-state index is 11.8. The van der Waals surface area contributed by atoms with Gasteiger partial charge in [-0.25, -0.2) is 0 Å². The summed E-state index contributed by atoms with van der Waals surface area (Å²) in [5, 5.41) is 6.70. The Kier molecular flexibility index (Phi) is 10.2. The van der Waals surface area contributed by atoms with Crippen LogP contribution in [-0.4, -0.2) is 57.2 Å². The van der Waals surface area contributed by atoms with E-state index >= 15 is 0 Å². The molecule has 9 heteroatoms. The first kappa shape index (κ1) is 23.8. The van der Waals surface area contributed by atoms with Crippen molar-refractivity contribution < 1.29 is 14.3 Å². The molecule has 1 aliphatic rings. The molecule has 1 atom stereocenters. The third-order valence-electron chi connectivity index (χ3n) is 4.41. The van der Waals surface area contributed by atoms with Gasteiger partial charge < -0.3 is 25.0 Å². The molecule has 1 aromatic rings. The van der Waals surface area contributed by atoms with Gasteiger partial charge in [0.2, 0.25) is 5.91 Å². The number of hydrogen-bond acceptors (Lipinski definition) is 4. The van der Waals surface area contributed by atoms with Crippen molar-refractivity contribution in [2.24, 2.45) is 4.99 Å². The lowest BCUT2D eigenvalue weighted by molar-refractivity contribution is -0.129. The highest BCUT2D eigenvalue weighted by molar-refractivity contribution is 14.0. The molecule has 1 saturated heterocycles. The van der Waals surface area contributed by atoms with Crippen LogP contribution in [0.4, 0.5) is 0 Å². The zero-order chi connectivity index (χ0) is 19.1. The Hall–Kier alpha value is -1.23. The Labute approximate surface area is 186 Å². The zero-order valence-corrected chi connectivity index (χ0v) is 20.1. The highest BCUT2D eigenvalue weighted by atomic mass is 127. The minimum atomic E-state index is 0. The predicted octanol–water partition coefficient (Wildman–Crippen LogP) is 2.76. The molecule has 2 N–H and O–H groups in total. The van der Waals surface area contributed by atoms with Crippen molar-refractivity contribution in [3.8, 4) is 11.5 Å². The van der Waals surface area contributed by atoms with Crippen molar-refractivity contribution in [1.29, 1.82) is 0 Å². The van der Waals surface area contributed by atoms with E-state index in [1.165, 1.54) is 0 Å². The number of hydrogen-bond donors (Lipinski definition) is 2. The topological polar surface area (TPSA) is 75.2 Å². The summed E-state index contributed by atoms with van der Waals surface area (Å²) in [5.41, 5.74) is 1.03. The maximum absolute atomic E-state index is 11.8. The highest BCUT2D eigenvalue weighted by Crippen LogP contribution is 2.33. The SMILES string of the molecule is CCC(=O)N1CCC(NC(=NC)NCc2cc(OC)c(OC)cc2Br)C1.I. The number of halogens is 2. The van der Waals surface area contributed by atoms with E-state index in [1.54, 1.807) is 21.3 Å². The minimum absolute atomic E-state index is 0.